The Morgan fingerprint density at radius 2 is 2.00 bits per heavy atom. The van der Waals surface area contributed by atoms with E-state index in [4.69, 9.17) is 5.73 Å². The van der Waals surface area contributed by atoms with Crippen molar-refractivity contribution in [1.82, 2.24) is 24.6 Å². The molecule has 0 saturated carbocycles. The van der Waals surface area contributed by atoms with Gasteiger partial charge in [0.25, 0.3) is 5.91 Å². The van der Waals surface area contributed by atoms with Crippen LogP contribution in [0.2, 0.25) is 0 Å². The van der Waals surface area contributed by atoms with Gasteiger partial charge in [0.2, 0.25) is 5.91 Å². The van der Waals surface area contributed by atoms with Gasteiger partial charge in [0.15, 0.2) is 0 Å². The molecule has 1 aliphatic rings. The molecule has 4 rings (SSSR count). The molecule has 28 heavy (non-hydrogen) atoms. The summed E-state index contributed by atoms with van der Waals surface area (Å²) in [7, 11) is 0. The summed E-state index contributed by atoms with van der Waals surface area (Å²) < 4.78 is 1.78. The number of nitrogens with zero attached hydrogens (tertiary/aromatic N) is 4. The summed E-state index contributed by atoms with van der Waals surface area (Å²) in [4.78, 5) is 30.5. The van der Waals surface area contributed by atoms with Crippen molar-refractivity contribution in [2.45, 2.75) is 25.3 Å². The number of aromatic amines is 1. The van der Waals surface area contributed by atoms with Gasteiger partial charge in [-0.15, -0.1) is 0 Å². The molecule has 0 spiro atoms. The van der Waals surface area contributed by atoms with Crippen molar-refractivity contribution in [2.75, 3.05) is 13.1 Å². The number of carbonyl (C=O) groups excluding carboxylic acids is 2. The largest absolute Gasteiger partial charge is 0.368 e. The highest BCUT2D eigenvalue weighted by Crippen LogP contribution is 2.27. The van der Waals surface area contributed by atoms with Gasteiger partial charge in [0.05, 0.1) is 5.69 Å². The van der Waals surface area contributed by atoms with Gasteiger partial charge in [0.1, 0.15) is 12.4 Å². The molecule has 0 aliphatic carbocycles. The van der Waals surface area contributed by atoms with Crippen LogP contribution in [0.1, 0.15) is 34.9 Å². The van der Waals surface area contributed by atoms with Gasteiger partial charge in [-0.25, -0.2) is 4.98 Å². The summed E-state index contributed by atoms with van der Waals surface area (Å²) >= 11 is 0. The Labute approximate surface area is 162 Å². The average molecular weight is 378 g/mol. The van der Waals surface area contributed by atoms with Crippen molar-refractivity contribution in [3.8, 4) is 11.3 Å². The fourth-order valence-electron chi connectivity index (χ4n) is 3.75. The van der Waals surface area contributed by atoms with Crippen LogP contribution >= 0.6 is 0 Å². The van der Waals surface area contributed by atoms with E-state index in [1.54, 1.807) is 23.2 Å². The standard InChI is InChI=1S/C20H22N6O2/c21-18(27)13-25-11-9-22-19(25)16-2-1-10-26(12-16)20(28)15-5-3-14(4-6-15)17-7-8-23-24-17/h3-9,11,16H,1-2,10,12-13H2,(H2,21,27)(H,23,24)/t16-/m0/s1. The highest BCUT2D eigenvalue weighted by Gasteiger charge is 2.28. The fraction of sp³-hybridized carbons (Fsp3) is 0.300. The zero-order valence-corrected chi connectivity index (χ0v) is 15.4. The highest BCUT2D eigenvalue weighted by molar-refractivity contribution is 5.94. The van der Waals surface area contributed by atoms with E-state index >= 15 is 0 Å². The molecule has 2 amide bonds. The van der Waals surface area contributed by atoms with Crippen LogP contribution in [-0.4, -0.2) is 49.6 Å². The lowest BCUT2D eigenvalue weighted by Crippen LogP contribution is -2.40. The Morgan fingerprint density at radius 1 is 1.18 bits per heavy atom. The van der Waals surface area contributed by atoms with Crippen LogP contribution < -0.4 is 5.73 Å². The first-order chi connectivity index (χ1) is 13.6. The second-order valence-electron chi connectivity index (χ2n) is 7.02. The zero-order chi connectivity index (χ0) is 19.5. The third-order valence-electron chi connectivity index (χ3n) is 5.09. The third-order valence-corrected chi connectivity index (χ3v) is 5.09. The number of hydrogen-bond donors (Lipinski definition) is 2. The first-order valence-electron chi connectivity index (χ1n) is 9.30. The molecule has 3 N–H and O–H groups in total. The molecule has 0 bridgehead atoms. The molecule has 3 aromatic rings. The molecule has 8 nitrogen and oxygen atoms in total. The first kappa shape index (κ1) is 18.0. The van der Waals surface area contributed by atoms with Crippen LogP contribution in [0.3, 0.4) is 0 Å². The number of aromatic nitrogens is 4. The maximum absolute atomic E-state index is 13.0. The van der Waals surface area contributed by atoms with E-state index < -0.39 is 5.91 Å². The summed E-state index contributed by atoms with van der Waals surface area (Å²) in [5.41, 5.74) is 7.88. The summed E-state index contributed by atoms with van der Waals surface area (Å²) in [6.07, 6.45) is 6.96. The van der Waals surface area contributed by atoms with Crippen molar-refractivity contribution >= 4 is 11.8 Å². The predicted octanol–water partition coefficient (Wildman–Crippen LogP) is 1.78. The number of likely N-dealkylation sites (tertiary alicyclic amines) is 1. The number of primary amides is 1. The SMILES string of the molecule is NC(=O)Cn1ccnc1[C@H]1CCCN(C(=O)c2ccc(-c3ccn[nH]3)cc2)C1. The lowest BCUT2D eigenvalue weighted by Gasteiger charge is -2.32. The van der Waals surface area contributed by atoms with Crippen molar-refractivity contribution < 1.29 is 9.59 Å². The predicted molar refractivity (Wildman–Crippen MR) is 103 cm³/mol. The van der Waals surface area contributed by atoms with Gasteiger partial charge in [-0.3, -0.25) is 14.7 Å². The molecule has 1 aliphatic heterocycles. The molecular weight excluding hydrogens is 356 g/mol. The minimum absolute atomic E-state index is 0.00821. The average Bonchev–Trinajstić information content (AvgIpc) is 3.39. The minimum Gasteiger partial charge on any atom is -0.368 e. The molecule has 0 unspecified atom stereocenters. The molecule has 1 saturated heterocycles. The number of nitrogens with one attached hydrogen (secondary N) is 1. The number of rotatable bonds is 5. The number of carbonyl (C=O) groups is 2. The smallest absolute Gasteiger partial charge is 0.253 e. The summed E-state index contributed by atoms with van der Waals surface area (Å²) in [6.45, 7) is 1.40. The first-order valence-corrected chi connectivity index (χ1v) is 9.30. The monoisotopic (exact) mass is 378 g/mol. The summed E-state index contributed by atoms with van der Waals surface area (Å²) in [5, 5.41) is 6.87. The van der Waals surface area contributed by atoms with E-state index in [0.29, 0.717) is 18.7 Å². The quantitative estimate of drug-likeness (QED) is 0.705. The Balaban J connectivity index is 1.48. The van der Waals surface area contributed by atoms with Gasteiger partial charge < -0.3 is 15.2 Å². The molecule has 1 fully saturated rings. The number of nitrogens with two attached hydrogens (primary N) is 1. The van der Waals surface area contributed by atoms with E-state index in [-0.39, 0.29) is 18.4 Å². The van der Waals surface area contributed by atoms with Crippen LogP contribution in [0.15, 0.2) is 48.9 Å². The number of benzene rings is 1. The van der Waals surface area contributed by atoms with Crippen LogP contribution in [0, 0.1) is 0 Å². The van der Waals surface area contributed by atoms with Gasteiger partial charge >= 0.3 is 0 Å². The van der Waals surface area contributed by atoms with Crippen LogP contribution in [0.25, 0.3) is 11.3 Å². The van der Waals surface area contributed by atoms with Crippen LogP contribution in [0.4, 0.5) is 0 Å². The summed E-state index contributed by atoms with van der Waals surface area (Å²) in [5.74, 6) is 0.511. The number of imidazole rings is 1. The van der Waals surface area contributed by atoms with Gasteiger partial charge in [-0.2, -0.15) is 5.10 Å². The molecule has 1 atom stereocenters. The Bertz CT molecular complexity index is 961. The van der Waals surface area contributed by atoms with E-state index in [1.807, 2.05) is 35.2 Å². The molecule has 2 aromatic heterocycles. The maximum atomic E-state index is 13.0. The molecule has 1 aromatic carbocycles. The van der Waals surface area contributed by atoms with Crippen molar-refractivity contribution in [2.24, 2.45) is 5.73 Å². The second kappa shape index (κ2) is 7.67. The van der Waals surface area contributed by atoms with Crippen LogP contribution in [0.5, 0.6) is 0 Å². The van der Waals surface area contributed by atoms with Crippen molar-refractivity contribution in [3.05, 3.63) is 60.3 Å². The van der Waals surface area contributed by atoms with E-state index in [9.17, 15) is 9.59 Å². The van der Waals surface area contributed by atoms with Gasteiger partial charge in [0, 0.05) is 43.2 Å². The van der Waals surface area contributed by atoms with E-state index in [2.05, 4.69) is 15.2 Å². The number of hydrogen-bond acceptors (Lipinski definition) is 4. The minimum atomic E-state index is -0.402. The number of piperidine rings is 1. The van der Waals surface area contributed by atoms with Crippen molar-refractivity contribution in [3.63, 3.8) is 0 Å². The molecule has 3 heterocycles. The zero-order valence-electron chi connectivity index (χ0n) is 15.4. The maximum Gasteiger partial charge on any atom is 0.253 e. The molecule has 0 radical (unpaired) electrons. The number of H-pyrrole nitrogens is 1. The summed E-state index contributed by atoms with van der Waals surface area (Å²) in [6, 6.07) is 9.41. The lowest BCUT2D eigenvalue weighted by molar-refractivity contribution is -0.118. The Hall–Kier alpha value is -3.42. The molecular formula is C20H22N6O2. The molecule has 8 heteroatoms. The highest BCUT2D eigenvalue weighted by atomic mass is 16.2. The topological polar surface area (TPSA) is 110 Å². The molecule has 144 valence electrons. The van der Waals surface area contributed by atoms with E-state index in [1.165, 1.54) is 0 Å². The number of amides is 2. The van der Waals surface area contributed by atoms with Gasteiger partial charge in [-0.05, 0) is 36.6 Å². The van der Waals surface area contributed by atoms with Gasteiger partial charge in [-0.1, -0.05) is 12.1 Å². The third kappa shape index (κ3) is 3.66. The van der Waals surface area contributed by atoms with E-state index in [0.717, 1.165) is 29.9 Å². The second-order valence-corrected chi connectivity index (χ2v) is 7.02. The Kier molecular flexibility index (Phi) is 4.92. The van der Waals surface area contributed by atoms with Crippen molar-refractivity contribution in [1.29, 1.82) is 0 Å². The normalized spacial score (nSPS) is 16.9. The fourth-order valence-corrected chi connectivity index (χ4v) is 3.75. The Morgan fingerprint density at radius 3 is 2.71 bits per heavy atom. The van der Waals surface area contributed by atoms with Crippen LogP contribution in [-0.2, 0) is 11.3 Å². The lowest BCUT2D eigenvalue weighted by atomic mass is 9.96.